The number of carbonyl (C=O) groups excluding carboxylic acids is 1. The second kappa shape index (κ2) is 9.55. The number of benzene rings is 4. The molecule has 0 fully saturated rings. The molecule has 5 rings (SSSR count). The second-order valence-electron chi connectivity index (χ2n) is 7.89. The highest BCUT2D eigenvalue weighted by Crippen LogP contribution is 2.31. The number of carbonyl (C=O) groups is 1. The van der Waals surface area contributed by atoms with E-state index >= 15 is 0 Å². The van der Waals surface area contributed by atoms with Gasteiger partial charge in [-0.1, -0.05) is 72.8 Å². The maximum Gasteiger partial charge on any atom is 0.251 e. The van der Waals surface area contributed by atoms with Crippen LogP contribution in [0.15, 0.2) is 103 Å². The second-order valence-corrected chi connectivity index (χ2v) is 7.89. The minimum atomic E-state index is -0.159. The average Bonchev–Trinajstić information content (AvgIpc) is 2.92. The number of nitrogens with one attached hydrogen (secondary N) is 1. The van der Waals surface area contributed by atoms with Crippen molar-refractivity contribution >= 4 is 16.9 Å². The lowest BCUT2D eigenvalue weighted by Crippen LogP contribution is -2.22. The van der Waals surface area contributed by atoms with E-state index in [4.69, 9.17) is 14.7 Å². The third-order valence-electron chi connectivity index (χ3n) is 5.63. The molecule has 4 aromatic carbocycles. The van der Waals surface area contributed by atoms with Crippen LogP contribution in [0.3, 0.4) is 0 Å². The zero-order valence-electron chi connectivity index (χ0n) is 18.7. The number of nitrogens with zero attached hydrogens (tertiary/aromatic N) is 2. The third-order valence-corrected chi connectivity index (χ3v) is 5.63. The standard InChI is InChI=1S/C29H23N3O2/c1-34-24-15-12-20(13-16-24)19-30-29(33)23-14-17-25-26(18-23)32-28(22-10-6-3-7-11-22)27(31-25)21-8-4-2-5-9-21/h2-18H,19H2,1H3,(H,30,33). The molecule has 0 atom stereocenters. The number of methoxy groups -OCH3 is 1. The number of ether oxygens (including phenoxy) is 1. The molecule has 0 saturated heterocycles. The minimum Gasteiger partial charge on any atom is -0.497 e. The van der Waals surface area contributed by atoms with Crippen LogP contribution in [-0.2, 0) is 6.54 Å². The van der Waals surface area contributed by atoms with Gasteiger partial charge in [-0.05, 0) is 35.9 Å². The Labute approximate surface area is 198 Å². The first-order valence-electron chi connectivity index (χ1n) is 11.0. The van der Waals surface area contributed by atoms with Crippen molar-refractivity contribution in [3.63, 3.8) is 0 Å². The Morgan fingerprint density at radius 1 is 0.735 bits per heavy atom. The van der Waals surface area contributed by atoms with Crippen molar-refractivity contribution in [2.75, 3.05) is 7.11 Å². The molecule has 0 bridgehead atoms. The van der Waals surface area contributed by atoms with Crippen LogP contribution in [0.4, 0.5) is 0 Å². The van der Waals surface area contributed by atoms with Crippen molar-refractivity contribution in [1.29, 1.82) is 0 Å². The molecular formula is C29H23N3O2. The highest BCUT2D eigenvalue weighted by atomic mass is 16.5. The molecule has 1 aromatic heterocycles. The molecule has 0 radical (unpaired) electrons. The smallest absolute Gasteiger partial charge is 0.251 e. The molecule has 0 aliphatic carbocycles. The first-order chi connectivity index (χ1) is 16.7. The van der Waals surface area contributed by atoms with Crippen LogP contribution in [0.2, 0.25) is 0 Å². The number of amides is 1. The quantitative estimate of drug-likeness (QED) is 0.353. The van der Waals surface area contributed by atoms with Gasteiger partial charge in [0.25, 0.3) is 5.91 Å². The Kier molecular flexibility index (Phi) is 5.99. The molecule has 0 spiro atoms. The van der Waals surface area contributed by atoms with Crippen LogP contribution in [0, 0.1) is 0 Å². The van der Waals surface area contributed by atoms with Crippen LogP contribution in [0.1, 0.15) is 15.9 Å². The summed E-state index contributed by atoms with van der Waals surface area (Å²) in [7, 11) is 1.63. The molecule has 5 heteroatoms. The van der Waals surface area contributed by atoms with Gasteiger partial charge >= 0.3 is 0 Å². The van der Waals surface area contributed by atoms with Crippen molar-refractivity contribution in [2.45, 2.75) is 6.54 Å². The first-order valence-corrected chi connectivity index (χ1v) is 11.0. The van der Waals surface area contributed by atoms with Crippen molar-refractivity contribution in [3.8, 4) is 28.3 Å². The predicted molar refractivity (Wildman–Crippen MR) is 135 cm³/mol. The summed E-state index contributed by atoms with van der Waals surface area (Å²) >= 11 is 0. The number of hydrogen-bond donors (Lipinski definition) is 1. The number of hydrogen-bond acceptors (Lipinski definition) is 4. The van der Waals surface area contributed by atoms with Gasteiger partial charge in [-0.2, -0.15) is 0 Å². The van der Waals surface area contributed by atoms with Gasteiger partial charge in [0.1, 0.15) is 5.75 Å². The normalized spacial score (nSPS) is 10.7. The van der Waals surface area contributed by atoms with Gasteiger partial charge in [-0.3, -0.25) is 4.79 Å². The summed E-state index contributed by atoms with van der Waals surface area (Å²) in [5.41, 5.74) is 6.53. The highest BCUT2D eigenvalue weighted by molar-refractivity contribution is 5.98. The van der Waals surface area contributed by atoms with Gasteiger partial charge in [-0.15, -0.1) is 0 Å². The predicted octanol–water partition coefficient (Wildman–Crippen LogP) is 5.90. The largest absolute Gasteiger partial charge is 0.497 e. The summed E-state index contributed by atoms with van der Waals surface area (Å²) in [6.45, 7) is 0.425. The van der Waals surface area contributed by atoms with E-state index in [2.05, 4.69) is 5.32 Å². The van der Waals surface area contributed by atoms with Crippen molar-refractivity contribution < 1.29 is 9.53 Å². The SMILES string of the molecule is COc1ccc(CNC(=O)c2ccc3nc(-c4ccccc4)c(-c4ccccc4)nc3c2)cc1. The van der Waals surface area contributed by atoms with Crippen molar-refractivity contribution in [3.05, 3.63) is 114 Å². The maximum atomic E-state index is 12.8. The Morgan fingerprint density at radius 2 is 1.32 bits per heavy atom. The maximum absolute atomic E-state index is 12.8. The van der Waals surface area contributed by atoms with E-state index in [0.29, 0.717) is 17.6 Å². The monoisotopic (exact) mass is 445 g/mol. The molecule has 5 nitrogen and oxygen atoms in total. The molecule has 1 amide bonds. The van der Waals surface area contributed by atoms with Gasteiger partial charge in [0.15, 0.2) is 0 Å². The summed E-state index contributed by atoms with van der Waals surface area (Å²) in [6.07, 6.45) is 0. The van der Waals surface area contributed by atoms with Crippen LogP contribution >= 0.6 is 0 Å². The molecule has 0 saturated carbocycles. The lowest BCUT2D eigenvalue weighted by Gasteiger charge is -2.12. The van der Waals surface area contributed by atoms with Crippen molar-refractivity contribution in [2.24, 2.45) is 0 Å². The average molecular weight is 446 g/mol. The molecule has 0 aliphatic rings. The molecule has 5 aromatic rings. The Morgan fingerprint density at radius 3 is 1.91 bits per heavy atom. The molecule has 34 heavy (non-hydrogen) atoms. The summed E-state index contributed by atoms with van der Waals surface area (Å²) in [5, 5.41) is 2.97. The van der Waals surface area contributed by atoms with E-state index in [1.165, 1.54) is 0 Å². The first kappa shape index (κ1) is 21.3. The Balaban J connectivity index is 1.48. The van der Waals surface area contributed by atoms with Crippen LogP contribution in [0.25, 0.3) is 33.5 Å². The third kappa shape index (κ3) is 4.50. The lowest BCUT2D eigenvalue weighted by atomic mass is 10.0. The number of aromatic nitrogens is 2. The fraction of sp³-hybridized carbons (Fsp3) is 0.0690. The van der Waals surface area contributed by atoms with Gasteiger partial charge < -0.3 is 10.1 Å². The fourth-order valence-electron chi connectivity index (χ4n) is 3.82. The molecule has 0 aliphatic heterocycles. The van der Waals surface area contributed by atoms with Gasteiger partial charge in [0, 0.05) is 23.2 Å². The Bertz CT molecular complexity index is 1430. The molecule has 1 N–H and O–H groups in total. The lowest BCUT2D eigenvalue weighted by molar-refractivity contribution is 0.0951. The summed E-state index contributed by atoms with van der Waals surface area (Å²) < 4.78 is 5.18. The minimum absolute atomic E-state index is 0.159. The molecule has 0 unspecified atom stereocenters. The van der Waals surface area contributed by atoms with Crippen molar-refractivity contribution in [1.82, 2.24) is 15.3 Å². The molecule has 1 heterocycles. The topological polar surface area (TPSA) is 64.1 Å². The van der Waals surface area contributed by atoms with Crippen LogP contribution < -0.4 is 10.1 Å². The van der Waals surface area contributed by atoms with E-state index in [9.17, 15) is 4.79 Å². The van der Waals surface area contributed by atoms with Crippen LogP contribution in [0.5, 0.6) is 5.75 Å². The van der Waals surface area contributed by atoms with E-state index in [1.807, 2.05) is 91.0 Å². The van der Waals surface area contributed by atoms with Gasteiger partial charge in [0.05, 0.1) is 29.5 Å². The van der Waals surface area contributed by atoms with E-state index < -0.39 is 0 Å². The zero-order chi connectivity index (χ0) is 23.3. The number of fused-ring (bicyclic) bond motifs is 1. The van der Waals surface area contributed by atoms with E-state index in [-0.39, 0.29) is 5.91 Å². The van der Waals surface area contributed by atoms with E-state index in [1.54, 1.807) is 19.2 Å². The molecular weight excluding hydrogens is 422 g/mol. The number of rotatable bonds is 6. The van der Waals surface area contributed by atoms with Gasteiger partial charge in [0.2, 0.25) is 0 Å². The molecule has 166 valence electrons. The summed E-state index contributed by atoms with van der Waals surface area (Å²) in [5.74, 6) is 0.625. The highest BCUT2D eigenvalue weighted by Gasteiger charge is 2.14. The summed E-state index contributed by atoms with van der Waals surface area (Å²) in [4.78, 5) is 22.7. The Hall–Kier alpha value is -4.51. The van der Waals surface area contributed by atoms with Crippen LogP contribution in [-0.4, -0.2) is 23.0 Å². The summed E-state index contributed by atoms with van der Waals surface area (Å²) in [6, 6.07) is 33.1. The fourth-order valence-corrected chi connectivity index (χ4v) is 3.82. The zero-order valence-corrected chi connectivity index (χ0v) is 18.7. The van der Waals surface area contributed by atoms with Gasteiger partial charge in [-0.25, -0.2) is 9.97 Å². The van der Waals surface area contributed by atoms with E-state index in [0.717, 1.165) is 39.3 Å².